The number of carbonyl (C=O) groups is 3. The first-order valence-electron chi connectivity index (χ1n) is 10.8. The SMILES string of the molecule is CC(C)CC[C@@]1(C2CCN(C(=O)c3cc(=O)c4ccccc4o3)CC2)NC(=O)NC1=O. The van der Waals surface area contributed by atoms with Crippen molar-refractivity contribution in [2.24, 2.45) is 11.8 Å². The number of likely N-dealkylation sites (tertiary alicyclic amines) is 1. The highest BCUT2D eigenvalue weighted by atomic mass is 16.3. The monoisotopic (exact) mass is 425 g/mol. The Morgan fingerprint density at radius 1 is 1.19 bits per heavy atom. The molecule has 4 amide bonds. The van der Waals surface area contributed by atoms with Gasteiger partial charge in [0.1, 0.15) is 11.1 Å². The molecule has 0 unspecified atom stereocenters. The van der Waals surface area contributed by atoms with Gasteiger partial charge in [-0.15, -0.1) is 0 Å². The minimum Gasteiger partial charge on any atom is -0.451 e. The molecule has 8 heteroatoms. The molecular weight excluding hydrogens is 398 g/mol. The van der Waals surface area contributed by atoms with Crippen LogP contribution in [0, 0.1) is 11.8 Å². The van der Waals surface area contributed by atoms with Gasteiger partial charge in [0.15, 0.2) is 11.2 Å². The summed E-state index contributed by atoms with van der Waals surface area (Å²) in [6.07, 6.45) is 2.54. The van der Waals surface area contributed by atoms with Gasteiger partial charge in [-0.2, -0.15) is 0 Å². The number of nitrogens with zero attached hydrogens (tertiary/aromatic N) is 1. The van der Waals surface area contributed by atoms with E-state index in [1.807, 2.05) is 0 Å². The van der Waals surface area contributed by atoms with Gasteiger partial charge in [-0.3, -0.25) is 19.7 Å². The van der Waals surface area contributed by atoms with Crippen molar-refractivity contribution in [3.63, 3.8) is 0 Å². The Hall–Kier alpha value is -3.16. The Morgan fingerprint density at radius 2 is 1.90 bits per heavy atom. The van der Waals surface area contributed by atoms with E-state index in [1.54, 1.807) is 29.2 Å². The molecule has 2 aliphatic rings. The van der Waals surface area contributed by atoms with Crippen LogP contribution in [0.3, 0.4) is 0 Å². The van der Waals surface area contributed by atoms with Gasteiger partial charge in [0.05, 0.1) is 5.39 Å². The van der Waals surface area contributed by atoms with Crippen LogP contribution in [-0.4, -0.2) is 41.4 Å². The molecule has 31 heavy (non-hydrogen) atoms. The molecule has 8 nitrogen and oxygen atoms in total. The van der Waals surface area contributed by atoms with E-state index in [0.29, 0.717) is 49.2 Å². The van der Waals surface area contributed by atoms with Gasteiger partial charge < -0.3 is 14.6 Å². The molecule has 2 aromatic rings. The number of fused-ring (bicyclic) bond motifs is 1. The summed E-state index contributed by atoms with van der Waals surface area (Å²) in [6.45, 7) is 5.02. The summed E-state index contributed by atoms with van der Waals surface area (Å²) in [5.74, 6) is -0.255. The number of hydrogen-bond acceptors (Lipinski definition) is 5. The molecule has 2 saturated heterocycles. The predicted molar refractivity (Wildman–Crippen MR) is 115 cm³/mol. The molecule has 2 N–H and O–H groups in total. The van der Waals surface area contributed by atoms with Crippen molar-refractivity contribution in [3.8, 4) is 0 Å². The molecule has 4 rings (SSSR count). The summed E-state index contributed by atoms with van der Waals surface area (Å²) in [5.41, 5.74) is -0.796. The molecule has 2 fully saturated rings. The smallest absolute Gasteiger partial charge is 0.322 e. The number of urea groups is 1. The first kappa shape index (κ1) is 21.1. The van der Waals surface area contributed by atoms with E-state index in [0.717, 1.165) is 6.42 Å². The lowest BCUT2D eigenvalue weighted by Gasteiger charge is -2.40. The van der Waals surface area contributed by atoms with Gasteiger partial charge in [0.2, 0.25) is 0 Å². The minimum absolute atomic E-state index is 0.0172. The third-order valence-corrected chi connectivity index (χ3v) is 6.41. The fraction of sp³-hybridized carbons (Fsp3) is 0.478. The number of amides is 4. The maximum Gasteiger partial charge on any atom is 0.322 e. The summed E-state index contributed by atoms with van der Waals surface area (Å²) < 4.78 is 5.69. The number of hydrogen-bond donors (Lipinski definition) is 2. The summed E-state index contributed by atoms with van der Waals surface area (Å²) in [6, 6.07) is 7.62. The molecule has 164 valence electrons. The fourth-order valence-electron chi connectivity index (χ4n) is 4.63. The number of para-hydroxylation sites is 1. The van der Waals surface area contributed by atoms with Gasteiger partial charge in [-0.1, -0.05) is 26.0 Å². The Labute approximate surface area is 180 Å². The molecular formula is C23H27N3O5. The molecule has 1 aromatic carbocycles. The topological polar surface area (TPSA) is 109 Å². The van der Waals surface area contributed by atoms with Gasteiger partial charge in [-0.05, 0) is 49.7 Å². The van der Waals surface area contributed by atoms with Crippen LogP contribution in [0.4, 0.5) is 4.79 Å². The quantitative estimate of drug-likeness (QED) is 0.716. The van der Waals surface area contributed by atoms with Crippen LogP contribution in [0.25, 0.3) is 11.0 Å². The number of piperidine rings is 1. The summed E-state index contributed by atoms with van der Waals surface area (Å²) >= 11 is 0. The summed E-state index contributed by atoms with van der Waals surface area (Å²) in [4.78, 5) is 51.6. The maximum atomic E-state index is 13.0. The molecule has 2 aliphatic heterocycles. The fourth-order valence-corrected chi connectivity index (χ4v) is 4.63. The van der Waals surface area contributed by atoms with Gasteiger partial charge in [0, 0.05) is 19.2 Å². The molecule has 0 saturated carbocycles. The van der Waals surface area contributed by atoms with Crippen LogP contribution in [0.15, 0.2) is 39.5 Å². The molecule has 0 aliphatic carbocycles. The van der Waals surface area contributed by atoms with E-state index in [4.69, 9.17) is 4.42 Å². The number of benzene rings is 1. The molecule has 0 radical (unpaired) electrons. The van der Waals surface area contributed by atoms with E-state index >= 15 is 0 Å². The minimum atomic E-state index is -0.925. The maximum absolute atomic E-state index is 13.0. The van der Waals surface area contributed by atoms with Crippen molar-refractivity contribution in [3.05, 3.63) is 46.3 Å². The zero-order chi connectivity index (χ0) is 22.2. The summed E-state index contributed by atoms with van der Waals surface area (Å²) in [7, 11) is 0. The zero-order valence-electron chi connectivity index (χ0n) is 17.8. The molecule has 3 heterocycles. The first-order valence-corrected chi connectivity index (χ1v) is 10.8. The Bertz CT molecular complexity index is 1080. The van der Waals surface area contributed by atoms with Gasteiger partial charge in [-0.25, -0.2) is 4.79 Å². The van der Waals surface area contributed by atoms with E-state index in [2.05, 4.69) is 24.5 Å². The van der Waals surface area contributed by atoms with Crippen LogP contribution in [0.2, 0.25) is 0 Å². The van der Waals surface area contributed by atoms with Crippen molar-refractivity contribution < 1.29 is 18.8 Å². The average Bonchev–Trinajstić information content (AvgIpc) is 3.05. The van der Waals surface area contributed by atoms with Crippen molar-refractivity contribution in [1.29, 1.82) is 0 Å². The van der Waals surface area contributed by atoms with Crippen molar-refractivity contribution in [2.75, 3.05) is 13.1 Å². The Balaban J connectivity index is 1.50. The van der Waals surface area contributed by atoms with E-state index in [1.165, 1.54) is 6.07 Å². The highest BCUT2D eigenvalue weighted by Crippen LogP contribution is 2.35. The third kappa shape index (κ3) is 3.94. The van der Waals surface area contributed by atoms with Crippen molar-refractivity contribution in [1.82, 2.24) is 15.5 Å². The lowest BCUT2D eigenvalue weighted by atomic mass is 9.74. The van der Waals surface area contributed by atoms with Crippen molar-refractivity contribution >= 4 is 28.8 Å². The lowest BCUT2D eigenvalue weighted by molar-refractivity contribution is -0.127. The van der Waals surface area contributed by atoms with E-state index in [-0.39, 0.29) is 28.9 Å². The van der Waals surface area contributed by atoms with Crippen LogP contribution in [0.1, 0.15) is 50.1 Å². The molecule has 0 bridgehead atoms. The second kappa shape index (κ2) is 8.17. The lowest BCUT2D eigenvalue weighted by Crippen LogP contribution is -2.56. The highest BCUT2D eigenvalue weighted by Gasteiger charge is 2.52. The van der Waals surface area contributed by atoms with Crippen molar-refractivity contribution in [2.45, 2.75) is 45.1 Å². The van der Waals surface area contributed by atoms with Crippen LogP contribution < -0.4 is 16.1 Å². The first-order chi connectivity index (χ1) is 14.8. The number of rotatable bonds is 5. The molecule has 0 spiro atoms. The number of imide groups is 1. The second-order valence-electron chi connectivity index (χ2n) is 8.85. The predicted octanol–water partition coefficient (Wildman–Crippen LogP) is 2.66. The van der Waals surface area contributed by atoms with Crippen LogP contribution in [0.5, 0.6) is 0 Å². The van der Waals surface area contributed by atoms with E-state index < -0.39 is 11.6 Å². The standard InChI is InChI=1S/C23H27N3O5/c1-14(2)7-10-23(21(29)24-22(30)25-23)15-8-11-26(12-9-15)20(28)19-13-17(27)16-5-3-4-6-18(16)31-19/h3-6,13-15H,7-12H2,1-2H3,(H2,24,25,29,30)/t23-/m0/s1. The Kier molecular flexibility index (Phi) is 5.56. The van der Waals surface area contributed by atoms with Gasteiger partial charge in [0.25, 0.3) is 11.8 Å². The third-order valence-electron chi connectivity index (χ3n) is 6.41. The zero-order valence-corrected chi connectivity index (χ0v) is 17.8. The number of carbonyl (C=O) groups excluding carboxylic acids is 3. The summed E-state index contributed by atoms with van der Waals surface area (Å²) in [5, 5.41) is 5.71. The van der Waals surface area contributed by atoms with E-state index in [9.17, 15) is 19.2 Å². The molecule has 1 aromatic heterocycles. The van der Waals surface area contributed by atoms with Crippen LogP contribution >= 0.6 is 0 Å². The second-order valence-corrected chi connectivity index (χ2v) is 8.85. The van der Waals surface area contributed by atoms with Gasteiger partial charge >= 0.3 is 6.03 Å². The average molecular weight is 425 g/mol. The highest BCUT2D eigenvalue weighted by molar-refractivity contribution is 6.07. The van der Waals surface area contributed by atoms with Crippen LogP contribution in [-0.2, 0) is 4.79 Å². The molecule has 1 atom stereocenters. The number of nitrogens with one attached hydrogen (secondary N) is 2. The Morgan fingerprint density at radius 3 is 2.55 bits per heavy atom. The normalized spacial score (nSPS) is 22.1. The largest absolute Gasteiger partial charge is 0.451 e.